The minimum Gasteiger partial charge on any atom is -0.545 e. The highest BCUT2D eigenvalue weighted by atomic mass is 16.5. The van der Waals surface area contributed by atoms with E-state index in [0.717, 1.165) is 43.1 Å². The van der Waals surface area contributed by atoms with Gasteiger partial charge in [0.1, 0.15) is 11.9 Å². The second-order valence-corrected chi connectivity index (χ2v) is 7.62. The normalized spacial score (nSPS) is 15.7. The number of methoxy groups -OCH3 is 1. The molecule has 31 heavy (non-hydrogen) atoms. The maximum Gasteiger partial charge on any atom is 0.143 e. The van der Waals surface area contributed by atoms with E-state index < -0.39 is 5.97 Å². The van der Waals surface area contributed by atoms with Gasteiger partial charge in [-0.05, 0) is 42.8 Å². The number of carbonyl (C=O) groups is 1. The molecule has 0 N–H and O–H groups in total. The van der Waals surface area contributed by atoms with Gasteiger partial charge in [0, 0.05) is 44.7 Å². The molecule has 1 aliphatic heterocycles. The van der Waals surface area contributed by atoms with Gasteiger partial charge in [0.15, 0.2) is 0 Å². The van der Waals surface area contributed by atoms with E-state index in [0.29, 0.717) is 17.9 Å². The van der Waals surface area contributed by atoms with Gasteiger partial charge in [0.25, 0.3) is 0 Å². The number of nitriles is 1. The van der Waals surface area contributed by atoms with E-state index in [1.807, 2.05) is 23.6 Å². The number of hydrogen-bond donors (Lipinski definition) is 0. The van der Waals surface area contributed by atoms with Crippen LogP contribution in [0.1, 0.15) is 29.2 Å². The molecule has 4 rings (SSSR count). The number of benzene rings is 2. The lowest BCUT2D eigenvalue weighted by atomic mass is 10.2. The molecule has 1 saturated heterocycles. The van der Waals surface area contributed by atoms with Crippen molar-refractivity contribution in [1.82, 2.24) is 14.5 Å². The molecule has 8 heteroatoms. The van der Waals surface area contributed by atoms with Crippen molar-refractivity contribution in [1.29, 1.82) is 5.26 Å². The number of fused-ring (bicyclic) bond motifs is 1. The zero-order chi connectivity index (χ0) is 22.0. The van der Waals surface area contributed by atoms with Gasteiger partial charge < -0.3 is 19.5 Å². The molecule has 1 unspecified atom stereocenters. The largest absolute Gasteiger partial charge is 0.545 e. The van der Waals surface area contributed by atoms with Gasteiger partial charge in [0.2, 0.25) is 0 Å². The van der Waals surface area contributed by atoms with Crippen LogP contribution in [0.2, 0.25) is 0 Å². The van der Waals surface area contributed by atoms with E-state index in [4.69, 9.17) is 10.00 Å². The maximum absolute atomic E-state index is 11.3. The Morgan fingerprint density at radius 3 is 2.61 bits per heavy atom. The lowest BCUT2D eigenvalue weighted by molar-refractivity contribution is -0.255. The Hall–Kier alpha value is -3.41. The van der Waals surface area contributed by atoms with E-state index in [1.54, 1.807) is 13.2 Å². The Bertz CT molecular complexity index is 1140. The first kappa shape index (κ1) is 20.8. The van der Waals surface area contributed by atoms with Crippen LogP contribution in [0.4, 0.5) is 5.69 Å². The van der Waals surface area contributed by atoms with Crippen molar-refractivity contribution in [3.63, 3.8) is 0 Å². The van der Waals surface area contributed by atoms with Gasteiger partial charge in [-0.1, -0.05) is 12.1 Å². The van der Waals surface area contributed by atoms with Crippen LogP contribution in [0.3, 0.4) is 0 Å². The van der Waals surface area contributed by atoms with E-state index >= 15 is 0 Å². The van der Waals surface area contributed by atoms with Crippen LogP contribution in [0.15, 0.2) is 42.5 Å². The minimum absolute atomic E-state index is 0.0951. The minimum atomic E-state index is -1.23. The van der Waals surface area contributed by atoms with Crippen LogP contribution < -0.4 is 10.0 Å². The van der Waals surface area contributed by atoms with Crippen molar-refractivity contribution < 1.29 is 14.6 Å². The van der Waals surface area contributed by atoms with Gasteiger partial charge in [-0.15, -0.1) is 0 Å². The summed E-state index contributed by atoms with van der Waals surface area (Å²) in [5.74, 6) is -0.528. The number of imidazole rings is 1. The zero-order valence-corrected chi connectivity index (χ0v) is 17.6. The molecule has 2 aromatic carbocycles. The number of hydrogen-bond acceptors (Lipinski definition) is 7. The summed E-state index contributed by atoms with van der Waals surface area (Å²) in [4.78, 5) is 20.4. The average Bonchev–Trinajstić information content (AvgIpc) is 3.18. The third-order valence-corrected chi connectivity index (χ3v) is 5.75. The second-order valence-electron chi connectivity index (χ2n) is 7.62. The molecule has 0 amide bonds. The topological polar surface area (TPSA) is 97.4 Å². The summed E-state index contributed by atoms with van der Waals surface area (Å²) in [6.07, 6.45) is -0.281. The smallest absolute Gasteiger partial charge is 0.143 e. The molecule has 0 radical (unpaired) electrons. The molecule has 8 nitrogen and oxygen atoms in total. The number of aromatic carboxylic acids is 1. The third kappa shape index (κ3) is 4.10. The quantitative estimate of drug-likeness (QED) is 0.563. The molecule has 0 saturated carbocycles. The van der Waals surface area contributed by atoms with Crippen molar-refractivity contribution in [3.8, 4) is 11.8 Å². The fourth-order valence-corrected chi connectivity index (χ4v) is 3.97. The molecule has 1 fully saturated rings. The number of piperazine rings is 1. The van der Waals surface area contributed by atoms with Gasteiger partial charge in [-0.2, -0.15) is 5.26 Å². The molecular weight excluding hydrogens is 394 g/mol. The Balaban J connectivity index is 1.74. The summed E-state index contributed by atoms with van der Waals surface area (Å²) in [6, 6.07) is 15.2. The summed E-state index contributed by atoms with van der Waals surface area (Å²) in [5.41, 5.74) is 3.51. The molecule has 2 heterocycles. The van der Waals surface area contributed by atoms with Crippen LogP contribution in [0.5, 0.6) is 0 Å². The summed E-state index contributed by atoms with van der Waals surface area (Å²) in [7, 11) is 1.62. The molecule has 1 aromatic heterocycles. The number of anilines is 1. The van der Waals surface area contributed by atoms with E-state index in [1.165, 1.54) is 12.1 Å². The fraction of sp³-hybridized carbons (Fsp3) is 0.348. The second kappa shape index (κ2) is 8.76. The van der Waals surface area contributed by atoms with Crippen molar-refractivity contribution in [3.05, 3.63) is 53.9 Å². The van der Waals surface area contributed by atoms with Crippen molar-refractivity contribution in [2.45, 2.75) is 13.0 Å². The lowest BCUT2D eigenvalue weighted by Gasteiger charge is -2.35. The number of carboxylic acid groups (broad SMARTS) is 1. The van der Waals surface area contributed by atoms with E-state index in [9.17, 15) is 9.90 Å². The van der Waals surface area contributed by atoms with Crippen molar-refractivity contribution in [2.75, 3.05) is 44.7 Å². The van der Waals surface area contributed by atoms with Gasteiger partial charge >= 0.3 is 0 Å². The first-order valence-electron chi connectivity index (χ1n) is 10.2. The highest BCUT2D eigenvalue weighted by Gasteiger charge is 2.20. The van der Waals surface area contributed by atoms with Crippen LogP contribution in [0.25, 0.3) is 16.7 Å². The summed E-state index contributed by atoms with van der Waals surface area (Å²) in [6.45, 7) is 5.78. The first-order valence-corrected chi connectivity index (χ1v) is 10.2. The van der Waals surface area contributed by atoms with Gasteiger partial charge in [0.05, 0.1) is 29.6 Å². The lowest BCUT2D eigenvalue weighted by Crippen LogP contribution is -2.46. The molecule has 1 aliphatic rings. The molecule has 1 atom stereocenters. The van der Waals surface area contributed by atoms with Crippen LogP contribution in [-0.4, -0.2) is 60.3 Å². The molecule has 0 spiro atoms. The highest BCUT2D eigenvalue weighted by Crippen LogP contribution is 2.29. The Labute approximate surface area is 180 Å². The first-order chi connectivity index (χ1) is 15.0. The number of nitrogens with zero attached hydrogens (tertiary/aromatic N) is 5. The highest BCUT2D eigenvalue weighted by molar-refractivity contribution is 5.91. The zero-order valence-electron chi connectivity index (χ0n) is 17.6. The number of aromatic nitrogens is 2. The van der Waals surface area contributed by atoms with Crippen molar-refractivity contribution in [2.24, 2.45) is 0 Å². The Morgan fingerprint density at radius 2 is 1.94 bits per heavy atom. The van der Waals surface area contributed by atoms with Crippen LogP contribution >= 0.6 is 0 Å². The van der Waals surface area contributed by atoms with E-state index in [2.05, 4.69) is 33.0 Å². The number of ether oxygens (including phenoxy) is 1. The number of carboxylic acids is 1. The van der Waals surface area contributed by atoms with E-state index in [-0.39, 0.29) is 11.7 Å². The van der Waals surface area contributed by atoms with Crippen molar-refractivity contribution >= 4 is 22.7 Å². The van der Waals surface area contributed by atoms with Crippen LogP contribution in [0, 0.1) is 11.3 Å². The average molecular weight is 418 g/mol. The number of rotatable bonds is 6. The maximum atomic E-state index is 11.3. The summed E-state index contributed by atoms with van der Waals surface area (Å²) >= 11 is 0. The summed E-state index contributed by atoms with van der Waals surface area (Å²) < 4.78 is 7.54. The molecule has 160 valence electrons. The predicted molar refractivity (Wildman–Crippen MR) is 115 cm³/mol. The van der Waals surface area contributed by atoms with Gasteiger partial charge in [-0.3, -0.25) is 9.47 Å². The number of carbonyl (C=O) groups excluding carboxylic acids is 1. The fourth-order valence-electron chi connectivity index (χ4n) is 3.97. The molecule has 0 aliphatic carbocycles. The SMILES string of the molecule is COC(C)c1nc2cc(C(=O)[O-])ccc2n1-c1cccc(N2CCN(CC#N)CC2)c1. The molecular formula is C23H24N5O3-. The van der Waals surface area contributed by atoms with Gasteiger partial charge in [-0.25, -0.2) is 4.98 Å². The molecule has 3 aromatic rings. The monoisotopic (exact) mass is 418 g/mol. The van der Waals surface area contributed by atoms with Crippen LogP contribution in [-0.2, 0) is 4.74 Å². The third-order valence-electron chi connectivity index (χ3n) is 5.75. The summed E-state index contributed by atoms with van der Waals surface area (Å²) in [5, 5.41) is 20.2. The predicted octanol–water partition coefficient (Wildman–Crippen LogP) is 1.74. The standard InChI is InChI=1S/C23H25N5O3/c1-16(31-2)22-25-20-14-17(23(29)30)6-7-21(20)28(22)19-5-3-4-18(15-19)27-12-10-26(9-8-24)11-13-27/h3-7,14-16H,9-13H2,1-2H3,(H,29,30)/p-1. The Morgan fingerprint density at radius 1 is 1.19 bits per heavy atom. The Kier molecular flexibility index (Phi) is 5.89. The molecule has 0 bridgehead atoms.